The lowest BCUT2D eigenvalue weighted by molar-refractivity contribution is -0.145. The zero-order valence-corrected chi connectivity index (χ0v) is 15.6. The van der Waals surface area contributed by atoms with Crippen LogP contribution < -0.4 is 10.6 Å². The van der Waals surface area contributed by atoms with Crippen LogP contribution in [0.2, 0.25) is 0 Å². The number of amides is 2. The number of aliphatic carboxylic acids is 2. The van der Waals surface area contributed by atoms with Gasteiger partial charge in [0.2, 0.25) is 12.3 Å². The predicted octanol–water partition coefficient (Wildman–Crippen LogP) is 1.00. The highest BCUT2D eigenvalue weighted by Crippen LogP contribution is 2.19. The zero-order valence-electron chi connectivity index (χ0n) is 15.6. The molecule has 0 saturated carbocycles. The Balaban J connectivity index is 2.31. The molecule has 8 heteroatoms. The standard InChI is InChI=1S/C21H22N2O6/c24-14-22-21(13-18(25)26,12-16-9-5-2-6-10-16)20(29)23-17(19(27)28)11-15-7-3-1-4-8-15/h1-10,14,17H,11-13H2,(H,22,24)(H,23,29)(H,25,26)(H,27,28)/t17-,21-/m0/s1. The Kier molecular flexibility index (Phi) is 7.47. The van der Waals surface area contributed by atoms with Gasteiger partial charge in [0.1, 0.15) is 11.6 Å². The van der Waals surface area contributed by atoms with Crippen molar-refractivity contribution in [3.8, 4) is 0 Å². The molecule has 0 aliphatic rings. The minimum absolute atomic E-state index is 0.0114. The molecule has 0 radical (unpaired) electrons. The van der Waals surface area contributed by atoms with Crippen molar-refractivity contribution >= 4 is 24.3 Å². The lowest BCUT2D eigenvalue weighted by Crippen LogP contribution is -2.61. The third-order valence-electron chi connectivity index (χ3n) is 4.46. The van der Waals surface area contributed by atoms with Crippen molar-refractivity contribution in [2.75, 3.05) is 0 Å². The van der Waals surface area contributed by atoms with E-state index in [2.05, 4.69) is 10.6 Å². The Morgan fingerprint density at radius 3 is 1.97 bits per heavy atom. The second-order valence-corrected chi connectivity index (χ2v) is 6.63. The maximum absolute atomic E-state index is 13.0. The van der Waals surface area contributed by atoms with Crippen LogP contribution >= 0.6 is 0 Å². The molecule has 2 atom stereocenters. The Labute approximate surface area is 167 Å². The van der Waals surface area contributed by atoms with Gasteiger partial charge in [-0.05, 0) is 11.1 Å². The molecule has 2 amide bonds. The Morgan fingerprint density at radius 2 is 1.48 bits per heavy atom. The van der Waals surface area contributed by atoms with Crippen LogP contribution in [0.15, 0.2) is 60.7 Å². The van der Waals surface area contributed by atoms with E-state index in [0.717, 1.165) is 0 Å². The number of nitrogens with one attached hydrogen (secondary N) is 2. The summed E-state index contributed by atoms with van der Waals surface area (Å²) in [4.78, 5) is 47.4. The Hall–Kier alpha value is -3.68. The number of rotatable bonds is 11. The van der Waals surface area contributed by atoms with E-state index in [0.29, 0.717) is 11.1 Å². The average Bonchev–Trinajstić information content (AvgIpc) is 2.68. The van der Waals surface area contributed by atoms with Crippen molar-refractivity contribution in [2.24, 2.45) is 0 Å². The molecular weight excluding hydrogens is 376 g/mol. The quantitative estimate of drug-likeness (QED) is 0.418. The number of benzene rings is 2. The summed E-state index contributed by atoms with van der Waals surface area (Å²) in [7, 11) is 0. The van der Waals surface area contributed by atoms with Gasteiger partial charge in [0, 0.05) is 12.8 Å². The molecule has 0 saturated heterocycles. The molecule has 0 aromatic heterocycles. The second-order valence-electron chi connectivity index (χ2n) is 6.63. The molecular formula is C21H22N2O6. The topological polar surface area (TPSA) is 133 Å². The first-order chi connectivity index (χ1) is 13.9. The number of carboxylic acids is 2. The Bertz CT molecular complexity index is 856. The number of hydrogen-bond acceptors (Lipinski definition) is 4. The molecule has 0 heterocycles. The van der Waals surface area contributed by atoms with Crippen LogP contribution in [0.1, 0.15) is 17.5 Å². The highest BCUT2D eigenvalue weighted by Gasteiger charge is 2.42. The fraction of sp³-hybridized carbons (Fsp3) is 0.238. The molecule has 8 nitrogen and oxygen atoms in total. The monoisotopic (exact) mass is 398 g/mol. The smallest absolute Gasteiger partial charge is 0.326 e. The van der Waals surface area contributed by atoms with Crippen LogP contribution in [0, 0.1) is 0 Å². The number of carbonyl (C=O) groups is 4. The fourth-order valence-electron chi connectivity index (χ4n) is 3.05. The lowest BCUT2D eigenvalue weighted by Gasteiger charge is -2.32. The molecule has 0 spiro atoms. The van der Waals surface area contributed by atoms with E-state index < -0.39 is 35.8 Å². The van der Waals surface area contributed by atoms with E-state index in [1.165, 1.54) is 0 Å². The molecule has 4 N–H and O–H groups in total. The largest absolute Gasteiger partial charge is 0.481 e. The zero-order chi connectivity index (χ0) is 21.3. The summed E-state index contributed by atoms with van der Waals surface area (Å²) in [5, 5.41) is 23.6. The van der Waals surface area contributed by atoms with Gasteiger partial charge in [0.25, 0.3) is 0 Å². The van der Waals surface area contributed by atoms with Crippen molar-refractivity contribution in [1.29, 1.82) is 0 Å². The predicted molar refractivity (Wildman–Crippen MR) is 104 cm³/mol. The molecule has 0 aliphatic carbocycles. The van der Waals surface area contributed by atoms with Gasteiger partial charge in [-0.25, -0.2) is 4.79 Å². The van der Waals surface area contributed by atoms with E-state index in [1.807, 2.05) is 0 Å². The summed E-state index contributed by atoms with van der Waals surface area (Å²) in [6.45, 7) is 0. The summed E-state index contributed by atoms with van der Waals surface area (Å²) in [5.74, 6) is -3.45. The third kappa shape index (κ3) is 6.17. The van der Waals surface area contributed by atoms with Crippen LogP contribution in [0.25, 0.3) is 0 Å². The summed E-state index contributed by atoms with van der Waals surface area (Å²) in [6.07, 6.45) is -0.553. The number of hydrogen-bond donors (Lipinski definition) is 4. The van der Waals surface area contributed by atoms with E-state index >= 15 is 0 Å². The molecule has 2 aromatic carbocycles. The van der Waals surface area contributed by atoms with E-state index in [1.54, 1.807) is 60.7 Å². The minimum Gasteiger partial charge on any atom is -0.481 e. The summed E-state index contributed by atoms with van der Waals surface area (Å²) in [6, 6.07) is 16.0. The first-order valence-corrected chi connectivity index (χ1v) is 8.91. The van der Waals surface area contributed by atoms with Crippen molar-refractivity contribution < 1.29 is 29.4 Å². The van der Waals surface area contributed by atoms with Gasteiger partial charge < -0.3 is 20.8 Å². The normalized spacial score (nSPS) is 13.5. The average molecular weight is 398 g/mol. The van der Waals surface area contributed by atoms with Crippen LogP contribution in [0.4, 0.5) is 0 Å². The summed E-state index contributed by atoms with van der Waals surface area (Å²) >= 11 is 0. The molecule has 0 unspecified atom stereocenters. The van der Waals surface area contributed by atoms with Crippen LogP contribution in [-0.2, 0) is 32.0 Å². The van der Waals surface area contributed by atoms with E-state index in [9.17, 15) is 29.4 Å². The second kappa shape index (κ2) is 10.0. The van der Waals surface area contributed by atoms with Gasteiger partial charge in [0.05, 0.1) is 6.42 Å². The van der Waals surface area contributed by atoms with Crippen molar-refractivity contribution in [1.82, 2.24) is 10.6 Å². The van der Waals surface area contributed by atoms with Crippen LogP contribution in [0.5, 0.6) is 0 Å². The number of carbonyl (C=O) groups excluding carboxylic acids is 2. The van der Waals surface area contributed by atoms with Gasteiger partial charge in [-0.15, -0.1) is 0 Å². The highest BCUT2D eigenvalue weighted by molar-refractivity contribution is 5.94. The lowest BCUT2D eigenvalue weighted by atomic mass is 9.86. The first kappa shape index (κ1) is 21.6. The molecule has 0 fully saturated rings. The van der Waals surface area contributed by atoms with Crippen molar-refractivity contribution in [3.05, 3.63) is 71.8 Å². The highest BCUT2D eigenvalue weighted by atomic mass is 16.4. The molecule has 0 aliphatic heterocycles. The number of carboxylic acid groups (broad SMARTS) is 2. The van der Waals surface area contributed by atoms with Gasteiger partial charge in [-0.1, -0.05) is 60.7 Å². The fourth-order valence-corrected chi connectivity index (χ4v) is 3.05. The Morgan fingerprint density at radius 1 is 0.931 bits per heavy atom. The minimum atomic E-state index is -1.83. The van der Waals surface area contributed by atoms with Gasteiger partial charge in [-0.2, -0.15) is 0 Å². The summed E-state index contributed by atoms with van der Waals surface area (Å²) < 4.78 is 0. The maximum Gasteiger partial charge on any atom is 0.326 e. The molecule has 2 aromatic rings. The third-order valence-corrected chi connectivity index (χ3v) is 4.46. The molecule has 2 rings (SSSR count). The van der Waals surface area contributed by atoms with E-state index in [-0.39, 0.29) is 19.3 Å². The maximum atomic E-state index is 13.0. The molecule has 29 heavy (non-hydrogen) atoms. The van der Waals surface area contributed by atoms with Crippen LogP contribution in [0.3, 0.4) is 0 Å². The van der Waals surface area contributed by atoms with E-state index in [4.69, 9.17) is 0 Å². The van der Waals surface area contributed by atoms with Gasteiger partial charge >= 0.3 is 11.9 Å². The van der Waals surface area contributed by atoms with Gasteiger partial charge in [-0.3, -0.25) is 14.4 Å². The summed E-state index contributed by atoms with van der Waals surface area (Å²) in [5.41, 5.74) is -0.525. The first-order valence-electron chi connectivity index (χ1n) is 8.91. The molecule has 152 valence electrons. The van der Waals surface area contributed by atoms with Crippen LogP contribution in [-0.4, -0.2) is 46.0 Å². The SMILES string of the molecule is O=CN[C@](CC(=O)O)(Cc1ccccc1)C(=O)N[C@@H](Cc1ccccc1)C(=O)O. The molecule has 0 bridgehead atoms. The van der Waals surface area contributed by atoms with Crippen molar-refractivity contribution in [3.63, 3.8) is 0 Å². The van der Waals surface area contributed by atoms with Gasteiger partial charge in [0.15, 0.2) is 0 Å². The van der Waals surface area contributed by atoms with Crippen molar-refractivity contribution in [2.45, 2.75) is 30.8 Å².